The lowest BCUT2D eigenvalue weighted by atomic mass is 10.2. The van der Waals surface area contributed by atoms with E-state index in [4.69, 9.17) is 16.6 Å². The van der Waals surface area contributed by atoms with Crippen LogP contribution in [0.4, 0.5) is 17.5 Å². The zero-order chi connectivity index (χ0) is 16.1. The van der Waals surface area contributed by atoms with Gasteiger partial charge in [0, 0.05) is 18.0 Å². The van der Waals surface area contributed by atoms with Crippen molar-refractivity contribution in [3.8, 4) is 0 Å². The predicted octanol–water partition coefficient (Wildman–Crippen LogP) is 0.837. The van der Waals surface area contributed by atoms with Gasteiger partial charge in [-0.1, -0.05) is 0 Å². The summed E-state index contributed by atoms with van der Waals surface area (Å²) in [6.07, 6.45) is 0. The molecule has 0 aliphatic heterocycles. The molecule has 8 nitrogen and oxygen atoms in total. The Morgan fingerprint density at radius 3 is 2.59 bits per heavy atom. The lowest BCUT2D eigenvalue weighted by Gasteiger charge is -2.07. The first-order chi connectivity index (χ1) is 10.5. The molecule has 0 fully saturated rings. The molecule has 0 spiro atoms. The Labute approximate surface area is 129 Å². The number of carboxylic acid groups (broad SMARTS) is 1. The average Bonchev–Trinajstić information content (AvgIpc) is 2.46. The van der Waals surface area contributed by atoms with E-state index in [0.29, 0.717) is 17.2 Å². The molecule has 2 rings (SSSR count). The molecule has 0 amide bonds. The van der Waals surface area contributed by atoms with Crippen LogP contribution >= 0.6 is 11.8 Å². The molecule has 1 aromatic heterocycles. The van der Waals surface area contributed by atoms with Crippen LogP contribution in [-0.4, -0.2) is 33.3 Å². The summed E-state index contributed by atoms with van der Waals surface area (Å²) < 4.78 is 0. The zero-order valence-corrected chi connectivity index (χ0v) is 12.3. The van der Waals surface area contributed by atoms with Crippen molar-refractivity contribution < 1.29 is 9.90 Å². The van der Waals surface area contributed by atoms with Gasteiger partial charge in [-0.05, 0) is 24.3 Å². The minimum Gasteiger partial charge on any atom is -0.478 e. The van der Waals surface area contributed by atoms with E-state index in [1.807, 2.05) is 0 Å². The summed E-state index contributed by atoms with van der Waals surface area (Å²) in [5.41, 5.74) is 11.7. The van der Waals surface area contributed by atoms with Gasteiger partial charge < -0.3 is 21.9 Å². The van der Waals surface area contributed by atoms with Gasteiger partial charge in [0.05, 0.1) is 5.56 Å². The molecule has 0 aliphatic carbocycles. The highest BCUT2D eigenvalue weighted by Crippen LogP contribution is 2.19. The Morgan fingerprint density at radius 2 is 2.00 bits per heavy atom. The molecule has 9 heteroatoms. The monoisotopic (exact) mass is 321 g/mol. The molecule has 0 aliphatic rings. The summed E-state index contributed by atoms with van der Waals surface area (Å²) in [5, 5.41) is 11.9. The molecular formula is C13H15N5O3S. The number of carbonyl (C=O) groups is 1. The minimum absolute atomic E-state index is 0.0107. The number of rotatable bonds is 6. The maximum atomic E-state index is 11.7. The van der Waals surface area contributed by atoms with Gasteiger partial charge in [0.1, 0.15) is 10.7 Å². The summed E-state index contributed by atoms with van der Waals surface area (Å²) in [4.78, 5) is 28.9. The molecule has 7 N–H and O–H groups in total. The van der Waals surface area contributed by atoms with Crippen molar-refractivity contribution in [3.63, 3.8) is 0 Å². The smallest absolute Gasteiger partial charge is 0.335 e. The molecule has 0 bridgehead atoms. The number of aromatic carboxylic acids is 1. The fraction of sp³-hybridized carbons (Fsp3) is 0.154. The van der Waals surface area contributed by atoms with Crippen LogP contribution in [0.5, 0.6) is 0 Å². The topological polar surface area (TPSA) is 147 Å². The van der Waals surface area contributed by atoms with Crippen LogP contribution in [-0.2, 0) is 0 Å². The second-order valence-electron chi connectivity index (χ2n) is 4.32. The third-order valence-corrected chi connectivity index (χ3v) is 3.82. The number of nitrogens with one attached hydrogen (secondary N) is 2. The van der Waals surface area contributed by atoms with Gasteiger partial charge in [0.15, 0.2) is 0 Å². The van der Waals surface area contributed by atoms with E-state index in [9.17, 15) is 9.59 Å². The van der Waals surface area contributed by atoms with E-state index in [0.717, 1.165) is 5.69 Å². The lowest BCUT2D eigenvalue weighted by Crippen LogP contribution is -2.16. The van der Waals surface area contributed by atoms with Crippen LogP contribution in [0.2, 0.25) is 0 Å². The van der Waals surface area contributed by atoms with Gasteiger partial charge in [-0.25, -0.2) is 4.79 Å². The molecule has 0 saturated heterocycles. The molecule has 0 unspecified atom stereocenters. The third-order valence-electron chi connectivity index (χ3n) is 2.73. The van der Waals surface area contributed by atoms with Crippen molar-refractivity contribution in [1.29, 1.82) is 0 Å². The number of aromatic amines is 1. The number of carboxylic acids is 1. The first-order valence-electron chi connectivity index (χ1n) is 6.32. The molecule has 1 heterocycles. The van der Waals surface area contributed by atoms with Gasteiger partial charge in [-0.2, -0.15) is 4.98 Å². The number of nitrogens with zero attached hydrogens (tertiary/aromatic N) is 1. The van der Waals surface area contributed by atoms with Crippen LogP contribution in [0, 0.1) is 0 Å². The number of nitrogen functional groups attached to an aromatic ring is 2. The molecule has 2 aromatic rings. The number of nitrogens with two attached hydrogens (primary N) is 2. The van der Waals surface area contributed by atoms with E-state index >= 15 is 0 Å². The number of thioether (sulfide) groups is 1. The van der Waals surface area contributed by atoms with E-state index in [2.05, 4.69) is 15.3 Å². The van der Waals surface area contributed by atoms with Gasteiger partial charge in [0.2, 0.25) is 5.95 Å². The van der Waals surface area contributed by atoms with E-state index < -0.39 is 5.97 Å². The van der Waals surface area contributed by atoms with E-state index in [1.54, 1.807) is 12.1 Å². The van der Waals surface area contributed by atoms with Crippen molar-refractivity contribution in [2.75, 3.05) is 29.1 Å². The van der Waals surface area contributed by atoms with Crippen molar-refractivity contribution in [1.82, 2.24) is 9.97 Å². The minimum atomic E-state index is -0.965. The summed E-state index contributed by atoms with van der Waals surface area (Å²) in [6.45, 7) is 0.570. The Balaban J connectivity index is 1.87. The fourth-order valence-corrected chi connectivity index (χ4v) is 2.50. The van der Waals surface area contributed by atoms with Crippen molar-refractivity contribution in [3.05, 3.63) is 40.2 Å². The van der Waals surface area contributed by atoms with Crippen LogP contribution < -0.4 is 22.3 Å². The Hall–Kier alpha value is -2.68. The van der Waals surface area contributed by atoms with E-state index in [-0.39, 0.29) is 22.9 Å². The second kappa shape index (κ2) is 6.85. The van der Waals surface area contributed by atoms with Gasteiger partial charge in [-0.3, -0.25) is 9.78 Å². The molecule has 0 radical (unpaired) electrons. The maximum Gasteiger partial charge on any atom is 0.335 e. The Morgan fingerprint density at radius 1 is 1.32 bits per heavy atom. The van der Waals surface area contributed by atoms with Crippen LogP contribution in [0.3, 0.4) is 0 Å². The Bertz CT molecular complexity index is 729. The number of anilines is 3. The summed E-state index contributed by atoms with van der Waals surface area (Å²) in [5.74, 6) is -0.284. The number of H-pyrrole nitrogens is 1. The quantitative estimate of drug-likeness (QED) is 0.388. The number of benzene rings is 1. The van der Waals surface area contributed by atoms with Crippen molar-refractivity contribution in [2.24, 2.45) is 0 Å². The zero-order valence-electron chi connectivity index (χ0n) is 11.5. The number of aromatic nitrogens is 2. The SMILES string of the molecule is Nc1nc(N)c(SCCNc2ccc(C(=O)O)cc2)c(=O)[nH]1. The van der Waals surface area contributed by atoms with Crippen LogP contribution in [0.25, 0.3) is 0 Å². The highest BCUT2D eigenvalue weighted by molar-refractivity contribution is 7.99. The van der Waals surface area contributed by atoms with Crippen molar-refractivity contribution in [2.45, 2.75) is 4.90 Å². The summed E-state index contributed by atoms with van der Waals surface area (Å²) >= 11 is 1.27. The van der Waals surface area contributed by atoms with Gasteiger partial charge in [0.25, 0.3) is 5.56 Å². The summed E-state index contributed by atoms with van der Waals surface area (Å²) in [6, 6.07) is 6.40. The maximum absolute atomic E-state index is 11.7. The first kappa shape index (κ1) is 15.7. The highest BCUT2D eigenvalue weighted by atomic mass is 32.2. The van der Waals surface area contributed by atoms with Crippen LogP contribution in [0.1, 0.15) is 10.4 Å². The Kier molecular flexibility index (Phi) is 4.89. The summed E-state index contributed by atoms with van der Waals surface area (Å²) in [7, 11) is 0. The highest BCUT2D eigenvalue weighted by Gasteiger charge is 2.08. The van der Waals surface area contributed by atoms with Gasteiger partial charge in [-0.15, -0.1) is 11.8 Å². The molecule has 116 valence electrons. The van der Waals surface area contributed by atoms with E-state index in [1.165, 1.54) is 23.9 Å². The second-order valence-corrected chi connectivity index (χ2v) is 5.43. The normalized spacial score (nSPS) is 10.4. The van der Waals surface area contributed by atoms with Gasteiger partial charge >= 0.3 is 5.97 Å². The molecule has 0 saturated carbocycles. The van der Waals surface area contributed by atoms with Crippen molar-refractivity contribution >= 4 is 35.2 Å². The first-order valence-corrected chi connectivity index (χ1v) is 7.31. The number of hydrogen-bond donors (Lipinski definition) is 5. The third kappa shape index (κ3) is 3.92. The molecule has 1 aromatic carbocycles. The van der Waals surface area contributed by atoms with Crippen LogP contribution in [0.15, 0.2) is 34.0 Å². The predicted molar refractivity (Wildman–Crippen MR) is 86.3 cm³/mol. The molecule has 0 atom stereocenters. The lowest BCUT2D eigenvalue weighted by molar-refractivity contribution is 0.0697. The molecular weight excluding hydrogens is 306 g/mol. The largest absolute Gasteiger partial charge is 0.478 e. The standard InChI is InChI=1S/C13H15N5O3S/c14-10-9(11(19)18-13(15)17-10)22-6-5-16-8-3-1-7(2-4-8)12(20)21/h1-4,16H,5-6H2,(H,20,21)(H5,14,15,17,18,19). The molecule has 22 heavy (non-hydrogen) atoms. The fourth-order valence-electron chi connectivity index (χ4n) is 1.72. The average molecular weight is 321 g/mol. The number of hydrogen-bond acceptors (Lipinski definition) is 7.